The molecule has 1 aromatic carbocycles. The Morgan fingerprint density at radius 2 is 1.92 bits per heavy atom. The van der Waals surface area contributed by atoms with Gasteiger partial charge in [-0.3, -0.25) is 9.59 Å². The zero-order valence-electron chi connectivity index (χ0n) is 15.9. The molecule has 0 radical (unpaired) electrons. The first-order valence-corrected chi connectivity index (χ1v) is 9.41. The lowest BCUT2D eigenvalue weighted by molar-refractivity contribution is -0.138. The van der Waals surface area contributed by atoms with Crippen molar-refractivity contribution in [3.8, 4) is 0 Å². The summed E-state index contributed by atoms with van der Waals surface area (Å²) in [5, 5.41) is 9.17. The van der Waals surface area contributed by atoms with Gasteiger partial charge in [-0.15, -0.1) is 0 Å². The predicted molar refractivity (Wildman–Crippen MR) is 108 cm³/mol. The van der Waals surface area contributed by atoms with Gasteiger partial charge in [0, 0.05) is 16.6 Å². The summed E-state index contributed by atoms with van der Waals surface area (Å²) >= 11 is 11.2. The molecule has 1 aliphatic rings. The first-order chi connectivity index (χ1) is 12.3. The van der Waals surface area contributed by atoms with Gasteiger partial charge in [-0.2, -0.15) is 0 Å². The second-order valence-corrected chi connectivity index (χ2v) is 6.90. The molecule has 8 heteroatoms. The molecule has 0 saturated heterocycles. The Balaban J connectivity index is 0. The van der Waals surface area contributed by atoms with Crippen molar-refractivity contribution in [2.45, 2.75) is 57.0 Å². The molecule has 0 heterocycles. The second kappa shape index (κ2) is 14.9. The standard InChI is InChI=1S/C7H4Cl2O.C6H13N.C5H12N2O2/c8-6-2-1-5(4-10)7(9)3-6;7-6-4-2-1-3-5-6;6-3-1-2-4(7)5(8)9/h1-4H;6H,1-5,7H2;4H,1-3,6-7H2,(H,8,9)/p+1/t;;4-/m..0/s1. The molecular formula is C18H30Cl2N3O3+. The molecule has 1 aromatic rings. The molecule has 2 rings (SSSR count). The van der Waals surface area contributed by atoms with Crippen LogP contribution in [0.1, 0.15) is 56.7 Å². The normalized spacial score (nSPS) is 15.0. The molecule has 7 N–H and O–H groups in total. The van der Waals surface area contributed by atoms with Crippen molar-refractivity contribution in [3.63, 3.8) is 0 Å². The van der Waals surface area contributed by atoms with E-state index in [2.05, 4.69) is 0 Å². The smallest absolute Gasteiger partial charge is 0.480 e. The molecule has 1 aliphatic carbocycles. The molecule has 0 amide bonds. The summed E-state index contributed by atoms with van der Waals surface area (Å²) < 4.78 is 0. The summed E-state index contributed by atoms with van der Waals surface area (Å²) in [5.74, 6) is -0.955. The Kier molecular flexibility index (Phi) is 14.3. The van der Waals surface area contributed by atoms with E-state index in [1.807, 2.05) is 0 Å². The number of hydrogen-bond acceptors (Lipinski definition) is 5. The molecular weight excluding hydrogens is 377 g/mol. The van der Waals surface area contributed by atoms with E-state index in [1.165, 1.54) is 38.2 Å². The molecule has 6 nitrogen and oxygen atoms in total. The first kappa shape index (κ1) is 24.8. The lowest BCUT2D eigenvalue weighted by atomic mass is 9.97. The molecule has 0 aromatic heterocycles. The maximum Gasteiger partial charge on any atom is 1.00 e. The summed E-state index contributed by atoms with van der Waals surface area (Å²) in [6, 6.07) is 4.53. The topological polar surface area (TPSA) is 132 Å². The van der Waals surface area contributed by atoms with Crippen LogP contribution in [0.5, 0.6) is 0 Å². The van der Waals surface area contributed by atoms with Crippen LogP contribution in [0, 0.1) is 0 Å². The monoisotopic (exact) mass is 406 g/mol. The SMILES string of the molecule is NC1CCCCC1.NCCC[C@H](N)C(=O)O.O=Cc1ccc(Cl)cc1Cl.[H+]. The van der Waals surface area contributed by atoms with Crippen LogP contribution in [0.15, 0.2) is 18.2 Å². The zero-order chi connectivity index (χ0) is 19.9. The molecule has 26 heavy (non-hydrogen) atoms. The molecule has 148 valence electrons. The average Bonchev–Trinajstić information content (AvgIpc) is 2.61. The van der Waals surface area contributed by atoms with Crippen molar-refractivity contribution in [2.24, 2.45) is 17.2 Å². The number of aliphatic carboxylic acids is 1. The highest BCUT2D eigenvalue weighted by Crippen LogP contribution is 2.19. The van der Waals surface area contributed by atoms with E-state index in [9.17, 15) is 9.59 Å². The fourth-order valence-corrected chi connectivity index (χ4v) is 2.65. The van der Waals surface area contributed by atoms with Crippen molar-refractivity contribution in [2.75, 3.05) is 6.54 Å². The van der Waals surface area contributed by atoms with Crippen LogP contribution < -0.4 is 17.2 Å². The highest BCUT2D eigenvalue weighted by Gasteiger charge is 2.08. The molecule has 1 saturated carbocycles. The average molecular weight is 407 g/mol. The Labute approximate surface area is 166 Å². The maximum absolute atomic E-state index is 10.2. The van der Waals surface area contributed by atoms with Gasteiger partial charge in [-0.25, -0.2) is 0 Å². The van der Waals surface area contributed by atoms with Crippen LogP contribution >= 0.6 is 23.2 Å². The third kappa shape index (κ3) is 12.2. The maximum atomic E-state index is 10.2. The number of rotatable bonds is 5. The molecule has 0 bridgehead atoms. The number of halogens is 2. The van der Waals surface area contributed by atoms with Gasteiger partial charge in [0.2, 0.25) is 0 Å². The fraction of sp³-hybridized carbons (Fsp3) is 0.556. The van der Waals surface area contributed by atoms with E-state index < -0.39 is 12.0 Å². The minimum atomic E-state index is -0.955. The minimum Gasteiger partial charge on any atom is -0.480 e. The first-order valence-electron chi connectivity index (χ1n) is 8.66. The van der Waals surface area contributed by atoms with Crippen molar-refractivity contribution in [1.82, 2.24) is 0 Å². The molecule has 1 fully saturated rings. The Bertz CT molecular complexity index is 545. The van der Waals surface area contributed by atoms with E-state index >= 15 is 0 Å². The number of carboxylic acids is 1. The van der Waals surface area contributed by atoms with Gasteiger partial charge >= 0.3 is 7.40 Å². The third-order valence-corrected chi connectivity index (χ3v) is 4.34. The van der Waals surface area contributed by atoms with E-state index in [4.69, 9.17) is 45.5 Å². The largest absolute Gasteiger partial charge is 1.00 e. The van der Waals surface area contributed by atoms with E-state index in [0.717, 1.165) is 0 Å². The summed E-state index contributed by atoms with van der Waals surface area (Å²) in [7, 11) is 0. The fourth-order valence-electron chi connectivity index (χ4n) is 2.19. The molecule has 0 unspecified atom stereocenters. The summed E-state index contributed by atoms with van der Waals surface area (Å²) in [6.07, 6.45) is 8.49. The number of aldehydes is 1. The van der Waals surface area contributed by atoms with Crippen LogP contribution in [-0.2, 0) is 4.79 Å². The lowest BCUT2D eigenvalue weighted by Crippen LogP contribution is -2.30. The van der Waals surface area contributed by atoms with Crippen molar-refractivity contribution >= 4 is 35.5 Å². The summed E-state index contributed by atoms with van der Waals surface area (Å²) in [5.41, 5.74) is 16.4. The van der Waals surface area contributed by atoms with Gasteiger partial charge in [0.25, 0.3) is 0 Å². The zero-order valence-corrected chi connectivity index (χ0v) is 16.4. The lowest BCUT2D eigenvalue weighted by Gasteiger charge is -2.15. The van der Waals surface area contributed by atoms with Gasteiger partial charge in [0.15, 0.2) is 6.29 Å². The molecule has 0 spiro atoms. The van der Waals surface area contributed by atoms with Crippen LogP contribution in [0.25, 0.3) is 0 Å². The Morgan fingerprint density at radius 3 is 2.31 bits per heavy atom. The number of carbonyl (C=O) groups excluding carboxylic acids is 1. The number of carboxylic acid groups (broad SMARTS) is 1. The van der Waals surface area contributed by atoms with Gasteiger partial charge in [-0.05, 0) is 50.4 Å². The number of benzene rings is 1. The van der Waals surface area contributed by atoms with Gasteiger partial charge in [0.1, 0.15) is 6.04 Å². The quantitative estimate of drug-likeness (QED) is 0.554. The van der Waals surface area contributed by atoms with Gasteiger partial charge in [-0.1, -0.05) is 42.5 Å². The van der Waals surface area contributed by atoms with E-state index in [1.54, 1.807) is 12.1 Å². The molecule has 1 atom stereocenters. The number of hydrogen-bond donors (Lipinski definition) is 4. The predicted octanol–water partition coefficient (Wildman–Crippen LogP) is 3.33. The Morgan fingerprint density at radius 1 is 1.31 bits per heavy atom. The summed E-state index contributed by atoms with van der Waals surface area (Å²) in [4.78, 5) is 20.3. The number of nitrogens with two attached hydrogens (primary N) is 3. The summed E-state index contributed by atoms with van der Waals surface area (Å²) in [6.45, 7) is 0.501. The third-order valence-electron chi connectivity index (χ3n) is 3.78. The van der Waals surface area contributed by atoms with Crippen molar-refractivity contribution in [3.05, 3.63) is 33.8 Å². The molecule has 0 aliphatic heterocycles. The highest BCUT2D eigenvalue weighted by molar-refractivity contribution is 6.36. The van der Waals surface area contributed by atoms with Gasteiger partial charge < -0.3 is 22.3 Å². The minimum absolute atomic E-state index is 0. The van der Waals surface area contributed by atoms with E-state index in [-0.39, 0.29) is 1.43 Å². The van der Waals surface area contributed by atoms with Gasteiger partial charge in [0.05, 0.1) is 5.02 Å². The van der Waals surface area contributed by atoms with Crippen LogP contribution in [0.3, 0.4) is 0 Å². The van der Waals surface area contributed by atoms with Crippen LogP contribution in [-0.4, -0.2) is 36.0 Å². The van der Waals surface area contributed by atoms with Crippen molar-refractivity contribution in [1.29, 1.82) is 0 Å². The highest BCUT2D eigenvalue weighted by atomic mass is 35.5. The van der Waals surface area contributed by atoms with Crippen LogP contribution in [0.2, 0.25) is 10.0 Å². The number of carbonyl (C=O) groups is 2. The van der Waals surface area contributed by atoms with E-state index in [0.29, 0.717) is 47.3 Å². The Hall–Kier alpha value is -1.18. The van der Waals surface area contributed by atoms with Crippen LogP contribution in [0.4, 0.5) is 0 Å². The van der Waals surface area contributed by atoms with Crippen molar-refractivity contribution < 1.29 is 16.1 Å². The second-order valence-electron chi connectivity index (χ2n) is 6.06.